The van der Waals surface area contributed by atoms with Crippen molar-refractivity contribution in [2.75, 3.05) is 5.73 Å². The van der Waals surface area contributed by atoms with Crippen LogP contribution in [-0.2, 0) is 0 Å². The Labute approximate surface area is 119 Å². The molecule has 1 aliphatic rings. The van der Waals surface area contributed by atoms with E-state index in [-0.39, 0.29) is 0 Å². The lowest BCUT2D eigenvalue weighted by molar-refractivity contribution is 0.481. The van der Waals surface area contributed by atoms with Crippen molar-refractivity contribution in [3.63, 3.8) is 0 Å². The molecule has 2 N–H and O–H groups in total. The van der Waals surface area contributed by atoms with E-state index in [0.717, 1.165) is 28.9 Å². The smallest absolute Gasteiger partial charge is 0.134 e. The van der Waals surface area contributed by atoms with Gasteiger partial charge in [0, 0.05) is 11.3 Å². The van der Waals surface area contributed by atoms with Crippen molar-refractivity contribution >= 4 is 11.8 Å². The van der Waals surface area contributed by atoms with E-state index in [4.69, 9.17) is 10.5 Å². The van der Waals surface area contributed by atoms with Crippen LogP contribution in [0.2, 0.25) is 0 Å². The Kier molecular flexibility index (Phi) is 3.23. The van der Waals surface area contributed by atoms with Crippen molar-refractivity contribution < 1.29 is 4.74 Å². The minimum Gasteiger partial charge on any atom is -0.457 e. The highest BCUT2D eigenvalue weighted by Crippen LogP contribution is 2.47. The summed E-state index contributed by atoms with van der Waals surface area (Å²) in [6, 6.07) is 14.0. The Hall–Kier alpha value is -2.22. The summed E-state index contributed by atoms with van der Waals surface area (Å²) < 4.78 is 5.91. The Morgan fingerprint density at radius 3 is 2.50 bits per heavy atom. The lowest BCUT2D eigenvalue weighted by atomic mass is 10.1. The lowest BCUT2D eigenvalue weighted by Gasteiger charge is -2.10. The van der Waals surface area contributed by atoms with Gasteiger partial charge in [0.1, 0.15) is 11.5 Å². The predicted octanol–water partition coefficient (Wildman–Crippen LogP) is 4.83. The highest BCUT2D eigenvalue weighted by Gasteiger charge is 2.33. The molecule has 0 bridgehead atoms. The van der Waals surface area contributed by atoms with E-state index in [0.29, 0.717) is 5.69 Å². The van der Waals surface area contributed by atoms with Crippen molar-refractivity contribution in [2.45, 2.75) is 19.3 Å². The van der Waals surface area contributed by atoms with Gasteiger partial charge in [0.25, 0.3) is 0 Å². The van der Waals surface area contributed by atoms with Gasteiger partial charge in [-0.3, -0.25) is 0 Å². The first-order chi connectivity index (χ1) is 9.67. The summed E-state index contributed by atoms with van der Waals surface area (Å²) in [5, 5.41) is 0. The molecule has 2 aromatic carbocycles. The van der Waals surface area contributed by atoms with E-state index in [9.17, 15) is 0 Å². The number of benzene rings is 2. The number of ether oxygens (including phenoxy) is 1. The second-order valence-corrected chi connectivity index (χ2v) is 5.49. The highest BCUT2D eigenvalue weighted by molar-refractivity contribution is 5.62. The molecule has 0 aliphatic heterocycles. The van der Waals surface area contributed by atoms with E-state index in [1.165, 1.54) is 12.0 Å². The fourth-order valence-electron chi connectivity index (χ4n) is 2.52. The molecule has 102 valence electrons. The third kappa shape index (κ3) is 2.55. The SMILES string of the molecule is C=Cc1cc(N)ccc1Oc1ccc(C2CC2C)cc1. The van der Waals surface area contributed by atoms with E-state index >= 15 is 0 Å². The molecule has 0 spiro atoms. The van der Waals surface area contributed by atoms with Crippen LogP contribution in [0.1, 0.15) is 30.4 Å². The van der Waals surface area contributed by atoms with Crippen LogP contribution in [0, 0.1) is 5.92 Å². The van der Waals surface area contributed by atoms with Crippen molar-refractivity contribution in [1.29, 1.82) is 0 Å². The molecule has 0 aromatic heterocycles. The average molecular weight is 265 g/mol. The standard InChI is InChI=1S/C18H19NO/c1-3-13-11-15(19)6-9-18(13)20-16-7-4-14(5-8-16)17-10-12(17)2/h3-9,11-12,17H,1,10,19H2,2H3. The van der Waals surface area contributed by atoms with Crippen LogP contribution in [-0.4, -0.2) is 0 Å². The maximum atomic E-state index is 5.91. The largest absolute Gasteiger partial charge is 0.457 e. The van der Waals surface area contributed by atoms with Gasteiger partial charge in [-0.05, 0) is 54.2 Å². The minimum absolute atomic E-state index is 0.713. The topological polar surface area (TPSA) is 35.2 Å². The maximum absolute atomic E-state index is 5.91. The minimum atomic E-state index is 0.713. The van der Waals surface area contributed by atoms with E-state index < -0.39 is 0 Å². The molecule has 20 heavy (non-hydrogen) atoms. The monoisotopic (exact) mass is 265 g/mol. The van der Waals surface area contributed by atoms with Crippen LogP contribution in [0.25, 0.3) is 6.08 Å². The fraction of sp³-hybridized carbons (Fsp3) is 0.222. The Morgan fingerprint density at radius 2 is 1.90 bits per heavy atom. The van der Waals surface area contributed by atoms with Gasteiger partial charge in [-0.1, -0.05) is 31.7 Å². The summed E-state index contributed by atoms with van der Waals surface area (Å²) >= 11 is 0. The Balaban J connectivity index is 1.79. The number of hydrogen-bond acceptors (Lipinski definition) is 2. The molecule has 0 saturated heterocycles. The first-order valence-electron chi connectivity index (χ1n) is 6.97. The third-order valence-electron chi connectivity index (χ3n) is 3.90. The molecule has 1 aliphatic carbocycles. The van der Waals surface area contributed by atoms with Crippen LogP contribution < -0.4 is 10.5 Å². The van der Waals surface area contributed by atoms with Gasteiger partial charge >= 0.3 is 0 Å². The zero-order chi connectivity index (χ0) is 14.1. The number of nitrogens with two attached hydrogens (primary N) is 1. The molecule has 0 heterocycles. The Bertz CT molecular complexity index is 630. The zero-order valence-corrected chi connectivity index (χ0v) is 11.7. The van der Waals surface area contributed by atoms with Crippen molar-refractivity contribution in [3.05, 3.63) is 60.2 Å². The molecule has 1 saturated carbocycles. The average Bonchev–Trinajstić information content (AvgIpc) is 3.18. The summed E-state index contributed by atoms with van der Waals surface area (Å²) in [7, 11) is 0. The van der Waals surface area contributed by atoms with E-state index in [2.05, 4.69) is 25.6 Å². The first kappa shape index (κ1) is 12.8. The van der Waals surface area contributed by atoms with Crippen LogP contribution in [0.5, 0.6) is 11.5 Å². The second kappa shape index (κ2) is 5.04. The number of anilines is 1. The van der Waals surface area contributed by atoms with Gasteiger partial charge in [0.15, 0.2) is 0 Å². The highest BCUT2D eigenvalue weighted by atomic mass is 16.5. The normalized spacial score (nSPS) is 20.4. The second-order valence-electron chi connectivity index (χ2n) is 5.49. The molecular weight excluding hydrogens is 246 g/mol. The van der Waals surface area contributed by atoms with Crippen molar-refractivity contribution in [1.82, 2.24) is 0 Å². The summed E-state index contributed by atoms with van der Waals surface area (Å²) in [5.41, 5.74) is 8.80. The molecular formula is C18H19NO. The van der Waals surface area contributed by atoms with Gasteiger partial charge < -0.3 is 10.5 Å². The third-order valence-corrected chi connectivity index (χ3v) is 3.90. The van der Waals surface area contributed by atoms with Gasteiger partial charge in [-0.15, -0.1) is 0 Å². The Morgan fingerprint density at radius 1 is 1.20 bits per heavy atom. The van der Waals surface area contributed by atoms with Gasteiger partial charge in [0.2, 0.25) is 0 Å². The van der Waals surface area contributed by atoms with Crippen molar-refractivity contribution in [2.24, 2.45) is 5.92 Å². The van der Waals surface area contributed by atoms with Crippen LogP contribution in [0.3, 0.4) is 0 Å². The lowest BCUT2D eigenvalue weighted by Crippen LogP contribution is -1.91. The number of hydrogen-bond donors (Lipinski definition) is 1. The number of rotatable bonds is 4. The molecule has 0 radical (unpaired) electrons. The molecule has 2 atom stereocenters. The van der Waals surface area contributed by atoms with Crippen molar-refractivity contribution in [3.8, 4) is 11.5 Å². The van der Waals surface area contributed by atoms with E-state index in [1.807, 2.05) is 30.3 Å². The molecule has 1 fully saturated rings. The molecule has 2 heteroatoms. The van der Waals surface area contributed by atoms with Gasteiger partial charge in [-0.25, -0.2) is 0 Å². The molecule has 3 rings (SSSR count). The van der Waals surface area contributed by atoms with Crippen LogP contribution >= 0.6 is 0 Å². The van der Waals surface area contributed by atoms with Gasteiger partial charge in [0.05, 0.1) is 0 Å². The molecule has 0 amide bonds. The van der Waals surface area contributed by atoms with Gasteiger partial charge in [-0.2, -0.15) is 0 Å². The maximum Gasteiger partial charge on any atom is 0.134 e. The fourth-order valence-corrected chi connectivity index (χ4v) is 2.52. The molecule has 2 nitrogen and oxygen atoms in total. The summed E-state index contributed by atoms with van der Waals surface area (Å²) in [6.45, 7) is 6.08. The zero-order valence-electron chi connectivity index (χ0n) is 11.7. The predicted molar refractivity (Wildman–Crippen MR) is 84.0 cm³/mol. The molecule has 2 unspecified atom stereocenters. The summed E-state index contributed by atoms with van der Waals surface area (Å²) in [4.78, 5) is 0. The van der Waals surface area contributed by atoms with Crippen LogP contribution in [0.15, 0.2) is 49.0 Å². The summed E-state index contributed by atoms with van der Waals surface area (Å²) in [6.07, 6.45) is 3.06. The van der Waals surface area contributed by atoms with Crippen LogP contribution in [0.4, 0.5) is 5.69 Å². The number of nitrogen functional groups attached to an aromatic ring is 1. The first-order valence-corrected chi connectivity index (χ1v) is 6.97. The summed E-state index contributed by atoms with van der Waals surface area (Å²) in [5.74, 6) is 3.19. The van der Waals surface area contributed by atoms with E-state index in [1.54, 1.807) is 6.08 Å². The molecule has 2 aromatic rings. The quantitative estimate of drug-likeness (QED) is 0.804.